The summed E-state index contributed by atoms with van der Waals surface area (Å²) in [5, 5.41) is 2.91. The number of amides is 1. The van der Waals surface area contributed by atoms with Gasteiger partial charge in [0, 0.05) is 30.4 Å². The summed E-state index contributed by atoms with van der Waals surface area (Å²) >= 11 is 0. The van der Waals surface area contributed by atoms with Gasteiger partial charge in [-0.3, -0.25) is 4.79 Å². The SMILES string of the molecule is CCC(CC)(CN)C(=O)Nc1cc(OC)cc(OC)c1.Cl. The van der Waals surface area contributed by atoms with Crippen molar-refractivity contribution in [1.29, 1.82) is 0 Å². The number of methoxy groups -OCH3 is 2. The maximum atomic E-state index is 12.5. The minimum atomic E-state index is -0.531. The molecule has 0 aromatic heterocycles. The number of benzene rings is 1. The molecular formula is C15H25ClN2O3. The van der Waals surface area contributed by atoms with Crippen molar-refractivity contribution < 1.29 is 14.3 Å². The van der Waals surface area contributed by atoms with Gasteiger partial charge in [0.05, 0.1) is 19.6 Å². The van der Waals surface area contributed by atoms with Crippen molar-refractivity contribution in [2.24, 2.45) is 11.1 Å². The molecule has 0 radical (unpaired) electrons. The molecule has 0 unspecified atom stereocenters. The fourth-order valence-corrected chi connectivity index (χ4v) is 2.10. The lowest BCUT2D eigenvalue weighted by Crippen LogP contribution is -2.41. The topological polar surface area (TPSA) is 73.6 Å². The molecule has 120 valence electrons. The molecule has 0 saturated heterocycles. The minimum Gasteiger partial charge on any atom is -0.497 e. The summed E-state index contributed by atoms with van der Waals surface area (Å²) in [5.41, 5.74) is 5.90. The summed E-state index contributed by atoms with van der Waals surface area (Å²) in [6.45, 7) is 4.27. The van der Waals surface area contributed by atoms with Crippen LogP contribution >= 0.6 is 12.4 Å². The summed E-state index contributed by atoms with van der Waals surface area (Å²) in [5.74, 6) is 1.19. The Kier molecular flexibility index (Phi) is 8.14. The van der Waals surface area contributed by atoms with Crippen LogP contribution in [0.2, 0.25) is 0 Å². The van der Waals surface area contributed by atoms with Gasteiger partial charge < -0.3 is 20.5 Å². The Hall–Kier alpha value is -1.46. The van der Waals surface area contributed by atoms with Crippen LogP contribution in [0.1, 0.15) is 26.7 Å². The number of carbonyl (C=O) groups excluding carboxylic acids is 1. The van der Waals surface area contributed by atoms with Gasteiger partial charge in [0.1, 0.15) is 11.5 Å². The maximum Gasteiger partial charge on any atom is 0.231 e. The van der Waals surface area contributed by atoms with Crippen LogP contribution in [-0.2, 0) is 4.79 Å². The molecule has 0 bridgehead atoms. The number of hydrogen-bond donors (Lipinski definition) is 2. The molecule has 0 aliphatic heterocycles. The molecular weight excluding hydrogens is 292 g/mol. The van der Waals surface area contributed by atoms with Gasteiger partial charge in [0.25, 0.3) is 0 Å². The first-order chi connectivity index (χ1) is 9.54. The molecule has 5 nitrogen and oxygen atoms in total. The lowest BCUT2D eigenvalue weighted by Gasteiger charge is -2.28. The predicted molar refractivity (Wildman–Crippen MR) is 87.5 cm³/mol. The average molecular weight is 317 g/mol. The van der Waals surface area contributed by atoms with Crippen molar-refractivity contribution in [3.8, 4) is 11.5 Å². The van der Waals surface area contributed by atoms with Crippen molar-refractivity contribution in [3.63, 3.8) is 0 Å². The van der Waals surface area contributed by atoms with Gasteiger partial charge in [-0.25, -0.2) is 0 Å². The fourth-order valence-electron chi connectivity index (χ4n) is 2.10. The van der Waals surface area contributed by atoms with E-state index >= 15 is 0 Å². The quantitative estimate of drug-likeness (QED) is 0.811. The number of nitrogens with two attached hydrogens (primary N) is 1. The zero-order valence-corrected chi connectivity index (χ0v) is 13.9. The number of ether oxygens (including phenoxy) is 2. The molecule has 0 saturated carbocycles. The van der Waals surface area contributed by atoms with Crippen LogP contribution in [0.25, 0.3) is 0 Å². The molecule has 21 heavy (non-hydrogen) atoms. The normalized spacial score (nSPS) is 10.5. The van der Waals surface area contributed by atoms with E-state index in [0.717, 1.165) is 0 Å². The lowest BCUT2D eigenvalue weighted by molar-refractivity contribution is -0.125. The summed E-state index contributed by atoms with van der Waals surface area (Å²) in [4.78, 5) is 12.5. The van der Waals surface area contributed by atoms with Gasteiger partial charge in [-0.1, -0.05) is 13.8 Å². The van der Waals surface area contributed by atoms with Crippen molar-refractivity contribution in [2.45, 2.75) is 26.7 Å². The third-order valence-corrected chi connectivity index (χ3v) is 3.84. The molecule has 0 aliphatic carbocycles. The van der Waals surface area contributed by atoms with Crippen molar-refractivity contribution in [3.05, 3.63) is 18.2 Å². The van der Waals surface area contributed by atoms with E-state index in [0.29, 0.717) is 36.6 Å². The first-order valence-corrected chi connectivity index (χ1v) is 6.79. The molecule has 0 atom stereocenters. The van der Waals surface area contributed by atoms with Crippen LogP contribution in [0, 0.1) is 5.41 Å². The van der Waals surface area contributed by atoms with E-state index in [2.05, 4.69) is 5.32 Å². The zero-order valence-electron chi connectivity index (χ0n) is 13.1. The van der Waals surface area contributed by atoms with E-state index < -0.39 is 5.41 Å². The third kappa shape index (κ3) is 4.51. The minimum absolute atomic E-state index is 0. The van der Waals surface area contributed by atoms with Gasteiger partial charge in [-0.05, 0) is 12.8 Å². The first kappa shape index (κ1) is 19.5. The molecule has 0 spiro atoms. The Morgan fingerprint density at radius 3 is 1.95 bits per heavy atom. The Labute approximate surface area is 132 Å². The molecule has 0 aliphatic rings. The highest BCUT2D eigenvalue weighted by molar-refractivity contribution is 5.95. The van der Waals surface area contributed by atoms with Crippen LogP contribution in [-0.4, -0.2) is 26.7 Å². The highest BCUT2D eigenvalue weighted by Crippen LogP contribution is 2.30. The summed E-state index contributed by atoms with van der Waals surface area (Å²) in [6.07, 6.45) is 1.40. The smallest absolute Gasteiger partial charge is 0.231 e. The standard InChI is InChI=1S/C15H24N2O3.ClH/c1-5-15(6-2,10-16)14(18)17-11-7-12(19-3)9-13(8-11)20-4;/h7-9H,5-6,10,16H2,1-4H3,(H,17,18);1H. The van der Waals surface area contributed by atoms with E-state index in [4.69, 9.17) is 15.2 Å². The number of halogens is 1. The van der Waals surface area contributed by atoms with E-state index in [9.17, 15) is 4.79 Å². The molecule has 3 N–H and O–H groups in total. The van der Waals surface area contributed by atoms with E-state index in [1.807, 2.05) is 13.8 Å². The van der Waals surface area contributed by atoms with Crippen LogP contribution in [0.4, 0.5) is 5.69 Å². The zero-order chi connectivity index (χ0) is 15.2. The van der Waals surface area contributed by atoms with Crippen LogP contribution in [0.3, 0.4) is 0 Å². The first-order valence-electron chi connectivity index (χ1n) is 6.79. The second kappa shape index (κ2) is 8.74. The molecule has 1 aromatic rings. The molecule has 0 heterocycles. The van der Waals surface area contributed by atoms with Crippen molar-refractivity contribution >= 4 is 24.0 Å². The molecule has 1 aromatic carbocycles. The van der Waals surface area contributed by atoms with Gasteiger partial charge in [0.15, 0.2) is 0 Å². The van der Waals surface area contributed by atoms with Crippen LogP contribution in [0.5, 0.6) is 11.5 Å². The van der Waals surface area contributed by atoms with E-state index in [1.54, 1.807) is 32.4 Å². The van der Waals surface area contributed by atoms with Crippen molar-refractivity contribution in [2.75, 3.05) is 26.1 Å². The maximum absolute atomic E-state index is 12.5. The Morgan fingerprint density at radius 1 is 1.14 bits per heavy atom. The van der Waals surface area contributed by atoms with E-state index in [1.165, 1.54) is 0 Å². The van der Waals surface area contributed by atoms with Gasteiger partial charge in [-0.15, -0.1) is 12.4 Å². The number of carbonyl (C=O) groups is 1. The van der Waals surface area contributed by atoms with E-state index in [-0.39, 0.29) is 18.3 Å². The number of hydrogen-bond acceptors (Lipinski definition) is 4. The molecule has 1 rings (SSSR count). The number of nitrogens with one attached hydrogen (secondary N) is 1. The second-order valence-corrected chi connectivity index (χ2v) is 4.75. The highest BCUT2D eigenvalue weighted by Gasteiger charge is 2.33. The Bertz CT molecular complexity index is 432. The molecule has 1 amide bonds. The summed E-state index contributed by atoms with van der Waals surface area (Å²) in [7, 11) is 3.14. The summed E-state index contributed by atoms with van der Waals surface area (Å²) in [6, 6.07) is 5.27. The highest BCUT2D eigenvalue weighted by atomic mass is 35.5. The van der Waals surface area contributed by atoms with Crippen molar-refractivity contribution in [1.82, 2.24) is 0 Å². The number of anilines is 1. The van der Waals surface area contributed by atoms with Crippen LogP contribution in [0.15, 0.2) is 18.2 Å². The largest absolute Gasteiger partial charge is 0.497 e. The monoisotopic (exact) mass is 316 g/mol. The lowest BCUT2D eigenvalue weighted by atomic mass is 9.81. The second-order valence-electron chi connectivity index (χ2n) is 4.75. The average Bonchev–Trinajstić information content (AvgIpc) is 2.49. The molecule has 0 fully saturated rings. The fraction of sp³-hybridized carbons (Fsp3) is 0.533. The predicted octanol–water partition coefficient (Wildman–Crippen LogP) is 2.83. The Morgan fingerprint density at radius 2 is 1.62 bits per heavy atom. The molecule has 6 heteroatoms. The van der Waals surface area contributed by atoms with Crippen LogP contribution < -0.4 is 20.5 Å². The number of rotatable bonds is 7. The summed E-state index contributed by atoms with van der Waals surface area (Å²) < 4.78 is 10.4. The third-order valence-electron chi connectivity index (χ3n) is 3.84. The van der Waals surface area contributed by atoms with Gasteiger partial charge >= 0.3 is 0 Å². The van der Waals surface area contributed by atoms with Gasteiger partial charge in [-0.2, -0.15) is 0 Å². The van der Waals surface area contributed by atoms with Gasteiger partial charge in [0.2, 0.25) is 5.91 Å². The Balaban J connectivity index is 0.00000400.